The van der Waals surface area contributed by atoms with E-state index in [0.717, 1.165) is 45.0 Å². The van der Waals surface area contributed by atoms with Gasteiger partial charge in [-0.15, -0.1) is 0 Å². The zero-order valence-corrected chi connectivity index (χ0v) is 15.6. The zero-order chi connectivity index (χ0) is 17.5. The van der Waals surface area contributed by atoms with Gasteiger partial charge in [-0.2, -0.15) is 0 Å². The molecule has 0 aliphatic carbocycles. The van der Waals surface area contributed by atoms with Gasteiger partial charge in [0.05, 0.1) is 0 Å². The molecule has 1 aliphatic rings. The van der Waals surface area contributed by atoms with Gasteiger partial charge in [0.15, 0.2) is 0 Å². The van der Waals surface area contributed by atoms with E-state index in [1.165, 1.54) is 12.0 Å². The van der Waals surface area contributed by atoms with Crippen LogP contribution in [-0.2, 0) is 0 Å². The highest BCUT2D eigenvalue weighted by molar-refractivity contribution is 5.89. The Morgan fingerprint density at radius 3 is 2.29 bits per heavy atom. The van der Waals surface area contributed by atoms with Crippen molar-refractivity contribution in [3.05, 3.63) is 29.8 Å². The molecule has 1 fully saturated rings. The van der Waals surface area contributed by atoms with Crippen LogP contribution in [0.1, 0.15) is 31.7 Å². The minimum Gasteiger partial charge on any atom is -0.322 e. The van der Waals surface area contributed by atoms with Crippen molar-refractivity contribution >= 4 is 11.7 Å². The van der Waals surface area contributed by atoms with Crippen molar-refractivity contribution in [1.82, 2.24) is 14.7 Å². The van der Waals surface area contributed by atoms with Crippen molar-refractivity contribution in [3.8, 4) is 0 Å². The van der Waals surface area contributed by atoms with Crippen molar-refractivity contribution in [1.29, 1.82) is 0 Å². The van der Waals surface area contributed by atoms with Gasteiger partial charge in [0.25, 0.3) is 0 Å². The molecule has 0 radical (unpaired) electrons. The highest BCUT2D eigenvalue weighted by Crippen LogP contribution is 2.17. The second kappa shape index (κ2) is 9.04. The molecule has 1 heterocycles. The largest absolute Gasteiger partial charge is 0.322 e. The number of rotatable bonds is 6. The molecule has 0 unspecified atom stereocenters. The fourth-order valence-corrected chi connectivity index (χ4v) is 2.94. The van der Waals surface area contributed by atoms with Crippen molar-refractivity contribution in [2.75, 3.05) is 58.7 Å². The maximum Gasteiger partial charge on any atom is 0.321 e. The van der Waals surface area contributed by atoms with Crippen LogP contribution in [0.2, 0.25) is 0 Å². The topological polar surface area (TPSA) is 38.8 Å². The fourth-order valence-electron chi connectivity index (χ4n) is 2.94. The molecule has 0 bridgehead atoms. The van der Waals surface area contributed by atoms with Gasteiger partial charge in [0.2, 0.25) is 0 Å². The second-order valence-corrected chi connectivity index (χ2v) is 7.19. The molecule has 1 aromatic carbocycles. The molecule has 0 aromatic heterocycles. The summed E-state index contributed by atoms with van der Waals surface area (Å²) >= 11 is 0. The van der Waals surface area contributed by atoms with Gasteiger partial charge >= 0.3 is 6.03 Å². The molecular weight excluding hydrogens is 300 g/mol. The SMILES string of the molecule is CC(C)c1ccc(NC(=O)N2CCN(CCCN(C)C)CC2)cc1. The summed E-state index contributed by atoms with van der Waals surface area (Å²) in [7, 11) is 4.21. The summed E-state index contributed by atoms with van der Waals surface area (Å²) in [4.78, 5) is 19.0. The summed E-state index contributed by atoms with van der Waals surface area (Å²) in [5.41, 5.74) is 2.16. The summed E-state index contributed by atoms with van der Waals surface area (Å²) in [6.07, 6.45) is 1.18. The van der Waals surface area contributed by atoms with E-state index in [1.54, 1.807) is 0 Å². The van der Waals surface area contributed by atoms with Gasteiger partial charge in [-0.05, 0) is 57.2 Å². The Kier molecular flexibility index (Phi) is 7.06. The number of benzene rings is 1. The Bertz CT molecular complexity index is 505. The maximum atomic E-state index is 12.4. The van der Waals surface area contributed by atoms with Crippen LogP contribution < -0.4 is 5.32 Å². The average molecular weight is 332 g/mol. The maximum absolute atomic E-state index is 12.4. The van der Waals surface area contributed by atoms with Crippen LogP contribution in [0.3, 0.4) is 0 Å². The van der Waals surface area contributed by atoms with E-state index < -0.39 is 0 Å². The van der Waals surface area contributed by atoms with E-state index in [0.29, 0.717) is 5.92 Å². The molecule has 0 spiro atoms. The molecule has 134 valence electrons. The molecule has 2 amide bonds. The molecule has 5 heteroatoms. The van der Waals surface area contributed by atoms with Crippen LogP contribution in [0.15, 0.2) is 24.3 Å². The average Bonchev–Trinajstić information content (AvgIpc) is 2.55. The molecule has 0 saturated carbocycles. The van der Waals surface area contributed by atoms with Crippen LogP contribution in [-0.4, -0.2) is 74.1 Å². The monoisotopic (exact) mass is 332 g/mol. The number of amides is 2. The van der Waals surface area contributed by atoms with Gasteiger partial charge < -0.3 is 15.1 Å². The highest BCUT2D eigenvalue weighted by atomic mass is 16.2. The number of hydrogen-bond acceptors (Lipinski definition) is 3. The minimum absolute atomic E-state index is 0.0141. The molecule has 1 aliphatic heterocycles. The summed E-state index contributed by atoms with van der Waals surface area (Å²) in [6.45, 7) is 10.1. The van der Waals surface area contributed by atoms with E-state index in [-0.39, 0.29) is 6.03 Å². The van der Waals surface area contributed by atoms with Crippen LogP contribution in [0.5, 0.6) is 0 Å². The first-order valence-electron chi connectivity index (χ1n) is 8.98. The van der Waals surface area contributed by atoms with Crippen LogP contribution in [0.4, 0.5) is 10.5 Å². The van der Waals surface area contributed by atoms with E-state index in [9.17, 15) is 4.79 Å². The number of urea groups is 1. The molecule has 1 saturated heterocycles. The fraction of sp³-hybridized carbons (Fsp3) is 0.632. The Hall–Kier alpha value is -1.59. The molecule has 24 heavy (non-hydrogen) atoms. The first-order valence-corrected chi connectivity index (χ1v) is 8.98. The molecule has 1 N–H and O–H groups in total. The lowest BCUT2D eigenvalue weighted by Gasteiger charge is -2.34. The summed E-state index contributed by atoms with van der Waals surface area (Å²) in [5, 5.41) is 3.01. The standard InChI is InChI=1S/C19H32N4O/c1-16(2)17-6-8-18(9-7-17)20-19(24)23-14-12-22(13-15-23)11-5-10-21(3)4/h6-9,16H,5,10-15H2,1-4H3,(H,20,24). The Morgan fingerprint density at radius 2 is 1.75 bits per heavy atom. The third-order valence-electron chi connectivity index (χ3n) is 4.57. The van der Waals surface area contributed by atoms with Gasteiger partial charge in [0, 0.05) is 31.9 Å². The predicted molar refractivity (Wildman–Crippen MR) is 101 cm³/mol. The third kappa shape index (κ3) is 5.80. The first kappa shape index (κ1) is 18.7. The van der Waals surface area contributed by atoms with E-state index in [2.05, 4.69) is 55.2 Å². The van der Waals surface area contributed by atoms with Gasteiger partial charge in [-0.1, -0.05) is 26.0 Å². The Morgan fingerprint density at radius 1 is 1.12 bits per heavy atom. The van der Waals surface area contributed by atoms with Crippen molar-refractivity contribution < 1.29 is 4.79 Å². The third-order valence-corrected chi connectivity index (χ3v) is 4.57. The number of anilines is 1. The second-order valence-electron chi connectivity index (χ2n) is 7.19. The van der Waals surface area contributed by atoms with Crippen LogP contribution in [0, 0.1) is 0 Å². The normalized spacial score (nSPS) is 16.0. The molecule has 1 aromatic rings. The summed E-state index contributed by atoms with van der Waals surface area (Å²) in [6, 6.07) is 8.17. The number of nitrogens with one attached hydrogen (secondary N) is 1. The smallest absolute Gasteiger partial charge is 0.321 e. The van der Waals surface area contributed by atoms with Gasteiger partial charge in [-0.25, -0.2) is 4.79 Å². The number of hydrogen-bond donors (Lipinski definition) is 1. The summed E-state index contributed by atoms with van der Waals surface area (Å²) < 4.78 is 0. The number of nitrogens with zero attached hydrogens (tertiary/aromatic N) is 3. The van der Waals surface area contributed by atoms with Crippen molar-refractivity contribution in [2.24, 2.45) is 0 Å². The van der Waals surface area contributed by atoms with Crippen LogP contribution in [0.25, 0.3) is 0 Å². The zero-order valence-electron chi connectivity index (χ0n) is 15.6. The van der Waals surface area contributed by atoms with E-state index in [4.69, 9.17) is 0 Å². The lowest BCUT2D eigenvalue weighted by Crippen LogP contribution is -2.50. The van der Waals surface area contributed by atoms with Gasteiger partial charge in [0.1, 0.15) is 0 Å². The first-order chi connectivity index (χ1) is 11.5. The minimum atomic E-state index is 0.0141. The van der Waals surface area contributed by atoms with Crippen molar-refractivity contribution in [3.63, 3.8) is 0 Å². The molecule has 2 rings (SSSR count). The van der Waals surface area contributed by atoms with Crippen molar-refractivity contribution in [2.45, 2.75) is 26.2 Å². The molecular formula is C19H32N4O. The quantitative estimate of drug-likeness (QED) is 0.870. The summed E-state index contributed by atoms with van der Waals surface area (Å²) in [5.74, 6) is 0.510. The number of piperazine rings is 1. The predicted octanol–water partition coefficient (Wildman–Crippen LogP) is 2.91. The molecule has 5 nitrogen and oxygen atoms in total. The Balaban J connectivity index is 1.74. The lowest BCUT2D eigenvalue weighted by atomic mass is 10.0. The molecule has 0 atom stereocenters. The lowest BCUT2D eigenvalue weighted by molar-refractivity contribution is 0.144. The Labute approximate surface area is 146 Å². The van der Waals surface area contributed by atoms with Gasteiger partial charge in [-0.3, -0.25) is 4.90 Å². The number of carbonyl (C=O) groups excluding carboxylic acids is 1. The highest BCUT2D eigenvalue weighted by Gasteiger charge is 2.20. The van der Waals surface area contributed by atoms with E-state index >= 15 is 0 Å². The van der Waals surface area contributed by atoms with E-state index in [1.807, 2.05) is 17.0 Å². The van der Waals surface area contributed by atoms with Crippen LogP contribution >= 0.6 is 0 Å². The number of carbonyl (C=O) groups is 1.